The van der Waals surface area contributed by atoms with Crippen molar-refractivity contribution >= 4 is 36.2 Å². The molecular formula is C23H29BF2N2O6. The molecule has 2 fully saturated rings. The molecule has 1 aromatic carbocycles. The normalized spacial score (nSPS) is 20.7. The average Bonchev–Trinajstić information content (AvgIpc) is 3.06. The van der Waals surface area contributed by atoms with Gasteiger partial charge in [-0.3, -0.25) is 19.2 Å². The zero-order valence-electron chi connectivity index (χ0n) is 19.5. The van der Waals surface area contributed by atoms with Crippen molar-refractivity contribution in [1.82, 2.24) is 5.32 Å². The number of benzene rings is 1. The molecule has 0 bridgehead atoms. The van der Waals surface area contributed by atoms with Crippen molar-refractivity contribution in [3.05, 3.63) is 29.8 Å². The summed E-state index contributed by atoms with van der Waals surface area (Å²) in [5.74, 6) is -3.38. The van der Waals surface area contributed by atoms with Crippen LogP contribution in [0, 0.1) is 17.6 Å². The average molecular weight is 478 g/mol. The first-order valence-corrected chi connectivity index (χ1v) is 11.4. The number of hydrogen-bond donors (Lipinski definition) is 1. The molecule has 1 amide bonds. The number of carbonyl (C=O) groups is 4. The molecule has 0 aliphatic carbocycles. The summed E-state index contributed by atoms with van der Waals surface area (Å²) in [5.41, 5.74) is 0.160. The first-order valence-electron chi connectivity index (χ1n) is 11.4. The number of nitrogens with zero attached hydrogens (tertiary/aromatic N) is 1. The van der Waals surface area contributed by atoms with Crippen LogP contribution in [0.5, 0.6) is 0 Å². The molecule has 2 aliphatic heterocycles. The molecular weight excluding hydrogens is 449 g/mol. The summed E-state index contributed by atoms with van der Waals surface area (Å²) in [7, 11) is -1.01. The second-order valence-electron chi connectivity index (χ2n) is 9.20. The maximum Gasteiger partial charge on any atom is 0.552 e. The van der Waals surface area contributed by atoms with E-state index in [1.165, 1.54) is 13.0 Å². The number of anilines is 1. The lowest BCUT2D eigenvalue weighted by atomic mass is 9.74. The molecule has 8 nitrogen and oxygen atoms in total. The highest BCUT2D eigenvalue weighted by molar-refractivity contribution is 6.51. The molecule has 0 spiro atoms. The third-order valence-electron chi connectivity index (χ3n) is 5.88. The van der Waals surface area contributed by atoms with E-state index in [-0.39, 0.29) is 42.4 Å². The molecule has 0 unspecified atom stereocenters. The third kappa shape index (κ3) is 6.40. The Morgan fingerprint density at radius 2 is 1.97 bits per heavy atom. The standard InChI is InChI=1S/C23H29BF2N2O6/c1-13(2)10-21(24-33-20(11-14(3)29)23(32)34-24)27-22(31)7-6-19(30)18-8-9-28(18)17-5-4-15(25)12-16(17)26/h4-5,12-13,18,20-21H,6-11H2,1-3H3,(H,27,31)/t18-,20-,21-/m0/s1. The number of carbonyl (C=O) groups excluding carboxylic acids is 4. The molecule has 0 aromatic heterocycles. The highest BCUT2D eigenvalue weighted by atomic mass is 19.1. The molecule has 2 heterocycles. The minimum atomic E-state index is -1.01. The number of hydrogen-bond acceptors (Lipinski definition) is 7. The second kappa shape index (κ2) is 11.1. The van der Waals surface area contributed by atoms with Crippen LogP contribution >= 0.6 is 0 Å². The number of nitrogens with one attached hydrogen (secondary N) is 1. The van der Waals surface area contributed by atoms with Gasteiger partial charge in [0.25, 0.3) is 0 Å². The monoisotopic (exact) mass is 478 g/mol. The van der Waals surface area contributed by atoms with Gasteiger partial charge in [-0.2, -0.15) is 0 Å². The van der Waals surface area contributed by atoms with Gasteiger partial charge in [0.05, 0.1) is 17.7 Å². The first kappa shape index (κ1) is 25.8. The fourth-order valence-electron chi connectivity index (χ4n) is 4.16. The molecule has 3 atom stereocenters. The molecule has 34 heavy (non-hydrogen) atoms. The van der Waals surface area contributed by atoms with Gasteiger partial charge in [0.15, 0.2) is 5.78 Å². The smallest absolute Gasteiger partial charge is 0.506 e. The van der Waals surface area contributed by atoms with Crippen LogP contribution in [0.4, 0.5) is 14.5 Å². The minimum Gasteiger partial charge on any atom is -0.506 e. The van der Waals surface area contributed by atoms with E-state index in [4.69, 9.17) is 9.31 Å². The Balaban J connectivity index is 1.54. The Morgan fingerprint density at radius 3 is 2.56 bits per heavy atom. The highest BCUT2D eigenvalue weighted by Gasteiger charge is 2.46. The SMILES string of the molecule is CC(=O)C[C@@H]1OB([C@H](CC(C)C)NC(=O)CCC(=O)[C@@H]2CCN2c2ccc(F)cc2F)OC1=O. The van der Waals surface area contributed by atoms with Crippen molar-refractivity contribution in [2.45, 2.75) is 71.0 Å². The Labute approximate surface area is 197 Å². The second-order valence-corrected chi connectivity index (χ2v) is 9.20. The van der Waals surface area contributed by atoms with Crippen LogP contribution in [-0.4, -0.2) is 55.2 Å². The fourth-order valence-corrected chi connectivity index (χ4v) is 4.16. The number of ketones is 2. The fraction of sp³-hybridized carbons (Fsp3) is 0.565. The molecule has 2 saturated heterocycles. The summed E-state index contributed by atoms with van der Waals surface area (Å²) in [6.45, 7) is 5.69. The third-order valence-corrected chi connectivity index (χ3v) is 5.88. The minimum absolute atomic E-state index is 0.0531. The maximum atomic E-state index is 14.1. The Hall–Kier alpha value is -2.82. The van der Waals surface area contributed by atoms with Gasteiger partial charge in [0.2, 0.25) is 5.91 Å². The van der Waals surface area contributed by atoms with Gasteiger partial charge in [-0.1, -0.05) is 13.8 Å². The van der Waals surface area contributed by atoms with Crippen molar-refractivity contribution < 1.29 is 37.3 Å². The van der Waals surface area contributed by atoms with Gasteiger partial charge in [-0.25, -0.2) is 8.78 Å². The lowest BCUT2D eigenvalue weighted by Gasteiger charge is -2.42. The summed E-state index contributed by atoms with van der Waals surface area (Å²) in [6, 6.07) is 2.65. The van der Waals surface area contributed by atoms with Gasteiger partial charge in [-0.15, -0.1) is 0 Å². The van der Waals surface area contributed by atoms with E-state index in [0.717, 1.165) is 12.1 Å². The van der Waals surface area contributed by atoms with Crippen LogP contribution in [0.25, 0.3) is 0 Å². The van der Waals surface area contributed by atoms with Crippen molar-refractivity contribution in [1.29, 1.82) is 0 Å². The summed E-state index contributed by atoms with van der Waals surface area (Å²) in [6.07, 6.45) is -0.254. The van der Waals surface area contributed by atoms with E-state index in [2.05, 4.69) is 5.32 Å². The van der Waals surface area contributed by atoms with Crippen molar-refractivity contribution in [3.8, 4) is 0 Å². The topological polar surface area (TPSA) is 102 Å². The summed E-state index contributed by atoms with van der Waals surface area (Å²) in [5, 5.41) is 2.78. The maximum absolute atomic E-state index is 14.1. The van der Waals surface area contributed by atoms with Crippen LogP contribution in [0.1, 0.15) is 52.9 Å². The van der Waals surface area contributed by atoms with E-state index < -0.39 is 48.7 Å². The van der Waals surface area contributed by atoms with E-state index in [9.17, 15) is 28.0 Å². The summed E-state index contributed by atoms with van der Waals surface area (Å²) in [4.78, 5) is 50.1. The Morgan fingerprint density at radius 1 is 1.24 bits per heavy atom. The van der Waals surface area contributed by atoms with Crippen LogP contribution in [0.15, 0.2) is 18.2 Å². The molecule has 0 radical (unpaired) electrons. The van der Waals surface area contributed by atoms with Gasteiger partial charge in [0, 0.05) is 31.9 Å². The first-order chi connectivity index (χ1) is 16.0. The van der Waals surface area contributed by atoms with E-state index >= 15 is 0 Å². The van der Waals surface area contributed by atoms with E-state index in [1.54, 1.807) is 4.90 Å². The van der Waals surface area contributed by atoms with Gasteiger partial charge in [0.1, 0.15) is 23.5 Å². The number of rotatable bonds is 11. The molecule has 11 heteroatoms. The zero-order valence-corrected chi connectivity index (χ0v) is 19.5. The van der Waals surface area contributed by atoms with Crippen LogP contribution in [-0.2, 0) is 28.5 Å². The van der Waals surface area contributed by atoms with Crippen molar-refractivity contribution in [2.75, 3.05) is 11.4 Å². The zero-order chi connectivity index (χ0) is 25.0. The van der Waals surface area contributed by atoms with Crippen molar-refractivity contribution in [3.63, 3.8) is 0 Å². The predicted octanol–water partition coefficient (Wildman–Crippen LogP) is 2.37. The largest absolute Gasteiger partial charge is 0.552 e. The molecule has 3 rings (SSSR count). The molecule has 0 saturated carbocycles. The Bertz CT molecular complexity index is 959. The van der Waals surface area contributed by atoms with Crippen LogP contribution in [0.2, 0.25) is 0 Å². The lowest BCUT2D eigenvalue weighted by Crippen LogP contribution is -2.53. The van der Waals surface area contributed by atoms with Gasteiger partial charge in [-0.05, 0) is 37.8 Å². The number of amides is 1. The van der Waals surface area contributed by atoms with Crippen LogP contribution in [0.3, 0.4) is 0 Å². The highest BCUT2D eigenvalue weighted by Crippen LogP contribution is 2.30. The van der Waals surface area contributed by atoms with E-state index in [1.807, 2.05) is 13.8 Å². The van der Waals surface area contributed by atoms with Gasteiger partial charge < -0.3 is 19.5 Å². The summed E-state index contributed by atoms with van der Waals surface area (Å²) >= 11 is 0. The quantitative estimate of drug-likeness (QED) is 0.488. The van der Waals surface area contributed by atoms with Crippen molar-refractivity contribution in [2.24, 2.45) is 5.92 Å². The van der Waals surface area contributed by atoms with E-state index in [0.29, 0.717) is 19.4 Å². The number of Topliss-reactive ketones (excluding diaryl/α,β-unsaturated/α-hetero) is 2. The number of halogens is 2. The summed E-state index contributed by atoms with van der Waals surface area (Å²) < 4.78 is 38.1. The van der Waals surface area contributed by atoms with Gasteiger partial charge >= 0.3 is 13.1 Å². The Kier molecular flexibility index (Phi) is 8.40. The molecule has 1 N–H and O–H groups in total. The molecule has 184 valence electrons. The molecule has 2 aliphatic rings. The van der Waals surface area contributed by atoms with Crippen LogP contribution < -0.4 is 10.2 Å². The lowest BCUT2D eigenvalue weighted by molar-refractivity contribution is -0.138. The predicted molar refractivity (Wildman–Crippen MR) is 120 cm³/mol. The molecule has 1 aromatic rings.